The second kappa shape index (κ2) is 8.48. The summed E-state index contributed by atoms with van der Waals surface area (Å²) in [7, 11) is -0.113. The van der Waals surface area contributed by atoms with Crippen molar-refractivity contribution in [3.05, 3.63) is 46.0 Å². The van der Waals surface area contributed by atoms with E-state index in [0.717, 1.165) is 23.0 Å². The van der Waals surface area contributed by atoms with Crippen LogP contribution in [0.4, 0.5) is 0 Å². The zero-order valence-electron chi connectivity index (χ0n) is 18.1. The Bertz CT molecular complexity index is 952. The van der Waals surface area contributed by atoms with Crippen LogP contribution in [0.3, 0.4) is 0 Å². The number of aromatic hydroxyl groups is 1. The Hall–Kier alpha value is -2.14. The van der Waals surface area contributed by atoms with Gasteiger partial charge in [0.05, 0.1) is 0 Å². The molecule has 0 amide bonds. The van der Waals surface area contributed by atoms with Gasteiger partial charge < -0.3 is 5.11 Å². The minimum Gasteiger partial charge on any atom is -0.505 e. The summed E-state index contributed by atoms with van der Waals surface area (Å²) in [6, 6.07) is 7.59. The van der Waals surface area contributed by atoms with Gasteiger partial charge in [-0.05, 0) is 86.6 Å². The van der Waals surface area contributed by atoms with Gasteiger partial charge >= 0.3 is 0 Å². The number of nitrogens with zero attached hydrogens (tertiary/aromatic N) is 3. The number of hydrogen-bond donors (Lipinski definition) is 1. The number of fused-ring (bicyclic) bond motifs is 1. The summed E-state index contributed by atoms with van der Waals surface area (Å²) in [6.45, 7) is 13.0. The lowest BCUT2D eigenvalue weighted by molar-refractivity contribution is 0.462. The molecule has 2 aromatic carbocycles. The zero-order chi connectivity index (χ0) is 20.4. The molecule has 3 rings (SSSR count). The van der Waals surface area contributed by atoms with E-state index in [4.69, 9.17) is 0 Å². The highest BCUT2D eigenvalue weighted by atomic mass is 28.3. The van der Waals surface area contributed by atoms with Crippen LogP contribution in [-0.2, 0) is 6.42 Å². The molecule has 3 aromatic rings. The Balaban J connectivity index is 1.90. The van der Waals surface area contributed by atoms with E-state index in [9.17, 15) is 5.11 Å². The molecule has 0 spiro atoms. The van der Waals surface area contributed by atoms with Gasteiger partial charge in [-0.2, -0.15) is 0 Å². The quantitative estimate of drug-likeness (QED) is 0.405. The van der Waals surface area contributed by atoms with Gasteiger partial charge in [-0.25, -0.2) is 0 Å². The number of benzene rings is 2. The van der Waals surface area contributed by atoms with E-state index in [-0.39, 0.29) is 14.5 Å². The summed E-state index contributed by atoms with van der Waals surface area (Å²) in [6.07, 6.45) is 4.82. The van der Waals surface area contributed by atoms with E-state index in [1.54, 1.807) is 4.80 Å². The molecule has 28 heavy (non-hydrogen) atoms. The highest BCUT2D eigenvalue weighted by Gasteiger charge is 2.16. The summed E-state index contributed by atoms with van der Waals surface area (Å²) in [5.41, 5.74) is 8.20. The normalized spacial score (nSPS) is 11.7. The van der Waals surface area contributed by atoms with Crippen LogP contribution in [0.15, 0.2) is 18.2 Å². The molecule has 5 heteroatoms. The third kappa shape index (κ3) is 4.30. The van der Waals surface area contributed by atoms with Crippen molar-refractivity contribution in [2.75, 3.05) is 0 Å². The molecule has 1 aromatic heterocycles. The summed E-state index contributed by atoms with van der Waals surface area (Å²) < 4.78 is 0. The van der Waals surface area contributed by atoms with Gasteiger partial charge in [-0.15, -0.1) is 15.0 Å². The van der Waals surface area contributed by atoms with Crippen molar-refractivity contribution in [1.29, 1.82) is 0 Å². The molecule has 149 valence electrons. The van der Waals surface area contributed by atoms with Crippen molar-refractivity contribution in [2.24, 2.45) is 0 Å². The van der Waals surface area contributed by atoms with Crippen LogP contribution in [0.25, 0.3) is 16.7 Å². The number of rotatable bonds is 7. The van der Waals surface area contributed by atoms with Gasteiger partial charge in [0.25, 0.3) is 0 Å². The van der Waals surface area contributed by atoms with E-state index in [2.05, 4.69) is 62.3 Å². The molecule has 0 bridgehead atoms. The minimum atomic E-state index is -0.113. The third-order valence-electron chi connectivity index (χ3n) is 5.79. The lowest BCUT2D eigenvalue weighted by Gasteiger charge is -2.14. The molecule has 0 unspecified atom stereocenters. The first-order valence-electron chi connectivity index (χ1n) is 10.2. The molecule has 4 nitrogen and oxygen atoms in total. The summed E-state index contributed by atoms with van der Waals surface area (Å²) in [5, 5.41) is 20.0. The van der Waals surface area contributed by atoms with Crippen LogP contribution in [0, 0.1) is 27.7 Å². The maximum Gasteiger partial charge on any atom is 0.146 e. The Morgan fingerprint density at radius 2 is 1.46 bits per heavy atom. The fourth-order valence-electron chi connectivity index (χ4n) is 3.62. The molecule has 1 heterocycles. The molecule has 0 atom stereocenters. The maximum absolute atomic E-state index is 10.8. The summed E-state index contributed by atoms with van der Waals surface area (Å²) in [4.78, 5) is 1.59. The Morgan fingerprint density at radius 3 is 2.04 bits per heavy atom. The van der Waals surface area contributed by atoms with Crippen molar-refractivity contribution in [1.82, 2.24) is 15.0 Å². The highest BCUT2D eigenvalue weighted by molar-refractivity contribution is 6.55. The van der Waals surface area contributed by atoms with E-state index < -0.39 is 0 Å². The van der Waals surface area contributed by atoms with Gasteiger partial charge in [-0.3, -0.25) is 0 Å². The van der Waals surface area contributed by atoms with Crippen LogP contribution in [0.5, 0.6) is 5.75 Å². The molecule has 1 N–H and O–H groups in total. The third-order valence-corrected chi connectivity index (χ3v) is 7.14. The molecule has 0 aliphatic rings. The zero-order valence-corrected chi connectivity index (χ0v) is 19.1. The smallest absolute Gasteiger partial charge is 0.146 e. The Morgan fingerprint density at radius 1 is 0.857 bits per heavy atom. The largest absolute Gasteiger partial charge is 0.505 e. The van der Waals surface area contributed by atoms with E-state index in [1.807, 2.05) is 6.92 Å². The van der Waals surface area contributed by atoms with Crippen LogP contribution in [0.2, 0.25) is 19.1 Å². The monoisotopic (exact) mass is 394 g/mol. The Labute approximate surface area is 170 Å². The predicted molar refractivity (Wildman–Crippen MR) is 119 cm³/mol. The molecular weight excluding hydrogens is 362 g/mol. The van der Waals surface area contributed by atoms with E-state index in [1.165, 1.54) is 47.6 Å². The second-order valence-electron chi connectivity index (χ2n) is 8.34. The van der Waals surface area contributed by atoms with E-state index in [0.29, 0.717) is 5.69 Å². The van der Waals surface area contributed by atoms with Crippen molar-refractivity contribution in [2.45, 2.75) is 72.5 Å². The molecule has 0 aliphatic heterocycles. The number of hydrogen-bond acceptors (Lipinski definition) is 3. The van der Waals surface area contributed by atoms with Crippen LogP contribution >= 0.6 is 0 Å². The van der Waals surface area contributed by atoms with Crippen molar-refractivity contribution in [3.63, 3.8) is 0 Å². The van der Waals surface area contributed by atoms with Crippen LogP contribution in [-0.4, -0.2) is 28.9 Å². The van der Waals surface area contributed by atoms with Gasteiger partial charge in [0, 0.05) is 8.80 Å². The molecule has 0 saturated heterocycles. The molecule has 0 saturated carbocycles. The van der Waals surface area contributed by atoms with Crippen LogP contribution in [0.1, 0.15) is 47.1 Å². The number of phenolic OH excluding ortho intramolecular Hbond substituents is 1. The number of phenols is 1. The average Bonchev–Trinajstić information content (AvgIpc) is 3.03. The second-order valence-corrected chi connectivity index (χ2v) is 11.3. The highest BCUT2D eigenvalue weighted by Crippen LogP contribution is 2.32. The van der Waals surface area contributed by atoms with Crippen molar-refractivity contribution < 1.29 is 5.11 Å². The van der Waals surface area contributed by atoms with Gasteiger partial charge in [0.15, 0.2) is 0 Å². The van der Waals surface area contributed by atoms with Crippen molar-refractivity contribution >= 4 is 19.8 Å². The maximum atomic E-state index is 10.8. The molecule has 1 radical (unpaired) electrons. The lowest BCUT2D eigenvalue weighted by Crippen LogP contribution is -2.04. The summed E-state index contributed by atoms with van der Waals surface area (Å²) >= 11 is 0. The van der Waals surface area contributed by atoms with Crippen LogP contribution < -0.4 is 0 Å². The minimum absolute atomic E-state index is 0.113. The number of aromatic nitrogens is 3. The molecule has 0 fully saturated rings. The van der Waals surface area contributed by atoms with Gasteiger partial charge in [0.1, 0.15) is 22.5 Å². The molecular formula is C23H32N3OSi. The first-order chi connectivity index (χ1) is 13.3. The number of unbranched alkanes of at least 4 members (excludes halogenated alkanes) is 2. The number of aryl methyl sites for hydroxylation is 3. The SMILES string of the molecule is Cc1cc2nn(-c3cc(CCCCC[Si](C)C)c(C)c(C)c3O)nc2cc1C. The summed E-state index contributed by atoms with van der Waals surface area (Å²) in [5.74, 6) is 0.277. The lowest BCUT2D eigenvalue weighted by atomic mass is 9.96. The predicted octanol–water partition coefficient (Wildman–Crippen LogP) is 5.83. The first-order valence-corrected chi connectivity index (χ1v) is 12.9. The van der Waals surface area contributed by atoms with E-state index >= 15 is 0 Å². The topological polar surface area (TPSA) is 50.9 Å². The van der Waals surface area contributed by atoms with Gasteiger partial charge in [-0.1, -0.05) is 32.0 Å². The molecule has 0 aliphatic carbocycles. The fourth-order valence-corrected chi connectivity index (χ4v) is 4.57. The van der Waals surface area contributed by atoms with Crippen molar-refractivity contribution in [3.8, 4) is 11.4 Å². The fraction of sp³-hybridized carbons (Fsp3) is 0.478. The Kier molecular flexibility index (Phi) is 6.23. The first kappa shape index (κ1) is 20.6. The average molecular weight is 395 g/mol. The standard InChI is InChI=1S/C23H32N3OSi/c1-15-12-20-21(13-16(15)2)25-26(24-20)22-14-19(17(3)18(4)23(22)27)10-8-7-9-11-28(5)6/h12-14,27H,7-11H2,1-6H3. The van der Waals surface area contributed by atoms with Gasteiger partial charge in [0.2, 0.25) is 0 Å².